The standard InChI is InChI=1S/C14H19N3S/c1-4-7-15-14-11(5-2)12(16-9-17-14)13-10(3)6-8-18-13/h6,8-9H,4-5,7H2,1-3H3,(H,15,16,17). The Morgan fingerprint density at radius 2 is 2.11 bits per heavy atom. The molecule has 0 amide bonds. The SMILES string of the molecule is CCCNc1ncnc(-c2sccc2C)c1CC. The fraction of sp³-hybridized carbons (Fsp3) is 0.429. The molecule has 0 unspecified atom stereocenters. The van der Waals surface area contributed by atoms with Gasteiger partial charge in [-0.05, 0) is 36.8 Å². The highest BCUT2D eigenvalue weighted by molar-refractivity contribution is 7.13. The number of thiophene rings is 1. The monoisotopic (exact) mass is 261 g/mol. The van der Waals surface area contributed by atoms with Gasteiger partial charge < -0.3 is 5.32 Å². The van der Waals surface area contributed by atoms with Crippen LogP contribution in [0.15, 0.2) is 17.8 Å². The van der Waals surface area contributed by atoms with Crippen molar-refractivity contribution in [2.24, 2.45) is 0 Å². The molecule has 2 aromatic rings. The minimum absolute atomic E-state index is 0.944. The van der Waals surface area contributed by atoms with Crippen LogP contribution in [0.4, 0.5) is 5.82 Å². The molecule has 0 aliphatic carbocycles. The van der Waals surface area contributed by atoms with Crippen LogP contribution in [0.1, 0.15) is 31.4 Å². The number of nitrogens with one attached hydrogen (secondary N) is 1. The molecule has 18 heavy (non-hydrogen) atoms. The molecule has 0 saturated heterocycles. The van der Waals surface area contributed by atoms with Crippen molar-refractivity contribution in [2.45, 2.75) is 33.6 Å². The van der Waals surface area contributed by atoms with Gasteiger partial charge in [-0.15, -0.1) is 11.3 Å². The second-order valence-electron chi connectivity index (χ2n) is 4.26. The van der Waals surface area contributed by atoms with E-state index in [1.54, 1.807) is 17.7 Å². The number of hydrogen-bond donors (Lipinski definition) is 1. The van der Waals surface area contributed by atoms with Gasteiger partial charge in [-0.1, -0.05) is 13.8 Å². The molecule has 2 heterocycles. The summed E-state index contributed by atoms with van der Waals surface area (Å²) in [4.78, 5) is 10.1. The van der Waals surface area contributed by atoms with E-state index in [0.717, 1.165) is 30.9 Å². The molecule has 0 aliphatic heterocycles. The molecule has 0 aromatic carbocycles. The molecule has 0 aliphatic rings. The van der Waals surface area contributed by atoms with E-state index in [1.165, 1.54) is 16.0 Å². The van der Waals surface area contributed by atoms with Crippen molar-refractivity contribution in [3.63, 3.8) is 0 Å². The first kappa shape index (κ1) is 13.0. The number of hydrogen-bond acceptors (Lipinski definition) is 4. The van der Waals surface area contributed by atoms with Crippen molar-refractivity contribution in [3.05, 3.63) is 28.9 Å². The quantitative estimate of drug-likeness (QED) is 0.887. The molecule has 0 bridgehead atoms. The van der Waals surface area contributed by atoms with E-state index in [4.69, 9.17) is 0 Å². The summed E-state index contributed by atoms with van der Waals surface area (Å²) in [6.07, 6.45) is 3.70. The fourth-order valence-electron chi connectivity index (χ4n) is 1.95. The average Bonchev–Trinajstić information content (AvgIpc) is 2.81. The first-order valence-corrected chi connectivity index (χ1v) is 7.28. The Morgan fingerprint density at radius 1 is 1.28 bits per heavy atom. The maximum Gasteiger partial charge on any atom is 0.133 e. The van der Waals surface area contributed by atoms with Crippen molar-refractivity contribution in [1.29, 1.82) is 0 Å². The van der Waals surface area contributed by atoms with Crippen LogP contribution in [0.3, 0.4) is 0 Å². The molecule has 4 heteroatoms. The van der Waals surface area contributed by atoms with Gasteiger partial charge in [0.05, 0.1) is 10.6 Å². The molecular weight excluding hydrogens is 242 g/mol. The molecule has 0 spiro atoms. The van der Waals surface area contributed by atoms with Gasteiger partial charge in [0.15, 0.2) is 0 Å². The van der Waals surface area contributed by atoms with Crippen LogP contribution in [0, 0.1) is 6.92 Å². The highest BCUT2D eigenvalue weighted by Crippen LogP contribution is 2.32. The smallest absolute Gasteiger partial charge is 0.133 e. The zero-order valence-electron chi connectivity index (χ0n) is 11.2. The van der Waals surface area contributed by atoms with Crippen LogP contribution in [0.2, 0.25) is 0 Å². The minimum Gasteiger partial charge on any atom is -0.370 e. The Kier molecular flexibility index (Phi) is 4.31. The largest absolute Gasteiger partial charge is 0.370 e. The molecule has 2 rings (SSSR count). The maximum atomic E-state index is 4.48. The van der Waals surface area contributed by atoms with E-state index < -0.39 is 0 Å². The summed E-state index contributed by atoms with van der Waals surface area (Å²) in [5.41, 5.74) is 3.59. The van der Waals surface area contributed by atoms with Gasteiger partial charge in [0.2, 0.25) is 0 Å². The normalized spacial score (nSPS) is 10.6. The maximum absolute atomic E-state index is 4.48. The summed E-state index contributed by atoms with van der Waals surface area (Å²) in [6.45, 7) is 7.39. The summed E-state index contributed by atoms with van der Waals surface area (Å²) in [7, 11) is 0. The highest BCUT2D eigenvalue weighted by Gasteiger charge is 2.13. The summed E-state index contributed by atoms with van der Waals surface area (Å²) in [5.74, 6) is 0.983. The molecule has 0 atom stereocenters. The number of aryl methyl sites for hydroxylation is 1. The van der Waals surface area contributed by atoms with Gasteiger partial charge in [-0.3, -0.25) is 0 Å². The van der Waals surface area contributed by atoms with E-state index in [1.807, 2.05) is 0 Å². The Morgan fingerprint density at radius 3 is 2.72 bits per heavy atom. The zero-order valence-corrected chi connectivity index (χ0v) is 12.0. The van der Waals surface area contributed by atoms with E-state index in [0.29, 0.717) is 0 Å². The predicted octanol–water partition coefficient (Wildman–Crippen LogP) is 3.90. The topological polar surface area (TPSA) is 37.8 Å². The van der Waals surface area contributed by atoms with Gasteiger partial charge in [-0.2, -0.15) is 0 Å². The van der Waals surface area contributed by atoms with Gasteiger partial charge in [0.25, 0.3) is 0 Å². The van der Waals surface area contributed by atoms with Gasteiger partial charge >= 0.3 is 0 Å². The summed E-state index contributed by atoms with van der Waals surface area (Å²) >= 11 is 1.75. The first-order valence-electron chi connectivity index (χ1n) is 6.40. The Hall–Kier alpha value is -1.42. The lowest BCUT2D eigenvalue weighted by atomic mass is 10.1. The Balaban J connectivity index is 2.45. The molecule has 1 N–H and O–H groups in total. The van der Waals surface area contributed by atoms with Crippen LogP contribution >= 0.6 is 11.3 Å². The number of anilines is 1. The fourth-order valence-corrected chi connectivity index (χ4v) is 2.90. The van der Waals surface area contributed by atoms with Crippen LogP contribution in [0.5, 0.6) is 0 Å². The van der Waals surface area contributed by atoms with Gasteiger partial charge in [-0.25, -0.2) is 9.97 Å². The summed E-state index contributed by atoms with van der Waals surface area (Å²) < 4.78 is 0. The summed E-state index contributed by atoms with van der Waals surface area (Å²) in [6, 6.07) is 2.14. The molecular formula is C14H19N3S. The van der Waals surface area contributed by atoms with Crippen LogP contribution < -0.4 is 5.32 Å². The molecule has 0 radical (unpaired) electrons. The van der Waals surface area contributed by atoms with Gasteiger partial charge in [0, 0.05) is 12.1 Å². The van der Waals surface area contributed by atoms with E-state index in [-0.39, 0.29) is 0 Å². The lowest BCUT2D eigenvalue weighted by molar-refractivity contribution is 0.950. The Bertz CT molecular complexity index is 520. The molecule has 0 saturated carbocycles. The molecule has 2 aromatic heterocycles. The van der Waals surface area contributed by atoms with Crippen molar-refractivity contribution >= 4 is 17.2 Å². The number of aromatic nitrogens is 2. The van der Waals surface area contributed by atoms with Crippen LogP contribution in [0.25, 0.3) is 10.6 Å². The van der Waals surface area contributed by atoms with E-state index in [9.17, 15) is 0 Å². The van der Waals surface area contributed by atoms with Crippen LogP contribution in [-0.2, 0) is 6.42 Å². The van der Waals surface area contributed by atoms with Crippen molar-refractivity contribution in [2.75, 3.05) is 11.9 Å². The third-order valence-electron chi connectivity index (χ3n) is 2.92. The van der Waals surface area contributed by atoms with Crippen LogP contribution in [-0.4, -0.2) is 16.5 Å². The molecule has 0 fully saturated rings. The second kappa shape index (κ2) is 5.96. The first-order chi connectivity index (χ1) is 8.77. The summed E-state index contributed by atoms with van der Waals surface area (Å²) in [5, 5.41) is 5.51. The van der Waals surface area contributed by atoms with Crippen molar-refractivity contribution in [1.82, 2.24) is 9.97 Å². The minimum atomic E-state index is 0.944. The third-order valence-corrected chi connectivity index (χ3v) is 3.94. The zero-order chi connectivity index (χ0) is 13.0. The Labute approximate surface area is 112 Å². The average molecular weight is 261 g/mol. The third kappa shape index (κ3) is 2.53. The van der Waals surface area contributed by atoms with E-state index >= 15 is 0 Å². The molecule has 96 valence electrons. The van der Waals surface area contributed by atoms with Gasteiger partial charge in [0.1, 0.15) is 12.1 Å². The van der Waals surface area contributed by atoms with Crippen molar-refractivity contribution in [3.8, 4) is 10.6 Å². The van der Waals surface area contributed by atoms with Crippen molar-refractivity contribution < 1.29 is 0 Å². The second-order valence-corrected chi connectivity index (χ2v) is 5.18. The van der Waals surface area contributed by atoms with E-state index in [2.05, 4.69) is 47.5 Å². The lowest BCUT2D eigenvalue weighted by Crippen LogP contribution is -2.07. The highest BCUT2D eigenvalue weighted by atomic mass is 32.1. The lowest BCUT2D eigenvalue weighted by Gasteiger charge is -2.12. The molecule has 3 nitrogen and oxygen atoms in total. The predicted molar refractivity (Wildman–Crippen MR) is 78.2 cm³/mol. The number of nitrogens with zero attached hydrogens (tertiary/aromatic N) is 2. The number of rotatable bonds is 5.